The van der Waals surface area contributed by atoms with Crippen molar-refractivity contribution in [3.8, 4) is 5.75 Å². The second kappa shape index (κ2) is 8.07. The number of hydrogen-bond acceptors (Lipinski definition) is 4. The van der Waals surface area contributed by atoms with Crippen molar-refractivity contribution in [2.75, 3.05) is 46.8 Å². The summed E-state index contributed by atoms with van der Waals surface area (Å²) in [5.41, 5.74) is 1.37. The van der Waals surface area contributed by atoms with Crippen LogP contribution >= 0.6 is 0 Å². The summed E-state index contributed by atoms with van der Waals surface area (Å²) in [4.78, 5) is 7.69. The van der Waals surface area contributed by atoms with Gasteiger partial charge in [-0.2, -0.15) is 0 Å². The van der Waals surface area contributed by atoms with Crippen LogP contribution in [0.1, 0.15) is 44.6 Å². The minimum absolute atomic E-state index is 0.0812. The third kappa shape index (κ3) is 4.02. The molecule has 2 aliphatic rings. The summed E-state index contributed by atoms with van der Waals surface area (Å²) >= 11 is 0. The van der Waals surface area contributed by atoms with Gasteiger partial charge in [0, 0.05) is 37.8 Å². The van der Waals surface area contributed by atoms with Crippen molar-refractivity contribution in [2.45, 2.75) is 50.6 Å². The number of aromatic hydroxyl groups is 1. The first-order valence-electron chi connectivity index (χ1n) is 9.98. The molecular weight excluding hydrogens is 310 g/mol. The summed E-state index contributed by atoms with van der Waals surface area (Å²) < 4.78 is 0. The number of piperazine rings is 1. The van der Waals surface area contributed by atoms with Crippen molar-refractivity contribution >= 4 is 0 Å². The molecule has 0 bridgehead atoms. The number of hydrogen-bond donors (Lipinski definition) is 1. The Morgan fingerprint density at radius 3 is 2.44 bits per heavy atom. The predicted octanol–water partition coefficient (Wildman–Crippen LogP) is 3.12. The fourth-order valence-corrected chi connectivity index (χ4v) is 4.87. The Kier molecular flexibility index (Phi) is 6.03. The number of likely N-dealkylation sites (N-methyl/N-ethyl adjacent to an activating group) is 1. The summed E-state index contributed by atoms with van der Waals surface area (Å²) in [5, 5.41) is 10.0. The Morgan fingerprint density at radius 1 is 1.16 bits per heavy atom. The molecule has 0 unspecified atom stereocenters. The molecule has 0 atom stereocenters. The molecule has 1 heterocycles. The van der Waals surface area contributed by atoms with Gasteiger partial charge in [0.1, 0.15) is 5.75 Å². The molecule has 1 aliphatic carbocycles. The molecule has 4 nitrogen and oxygen atoms in total. The van der Waals surface area contributed by atoms with Crippen LogP contribution in [-0.2, 0) is 5.54 Å². The molecule has 0 radical (unpaired) electrons. The van der Waals surface area contributed by atoms with E-state index in [2.05, 4.69) is 41.8 Å². The maximum Gasteiger partial charge on any atom is 0.115 e. The van der Waals surface area contributed by atoms with Gasteiger partial charge in [0.05, 0.1) is 0 Å². The van der Waals surface area contributed by atoms with Crippen molar-refractivity contribution in [1.29, 1.82) is 0 Å². The number of phenols is 1. The first kappa shape index (κ1) is 18.7. The van der Waals surface area contributed by atoms with Gasteiger partial charge in [0.2, 0.25) is 0 Å². The zero-order chi connectivity index (χ0) is 17.9. The average Bonchev–Trinajstić information content (AvgIpc) is 2.63. The van der Waals surface area contributed by atoms with Crippen molar-refractivity contribution in [3.63, 3.8) is 0 Å². The SMILES string of the molecule is CCCN(C)C1(c2cccc(O)c2)CCC(N2CCN(C)CC2)CC1. The van der Waals surface area contributed by atoms with Gasteiger partial charge in [-0.3, -0.25) is 9.80 Å². The summed E-state index contributed by atoms with van der Waals surface area (Å²) in [6.07, 6.45) is 6.05. The normalized spacial score (nSPS) is 29.2. The van der Waals surface area contributed by atoms with Gasteiger partial charge in [-0.25, -0.2) is 0 Å². The highest BCUT2D eigenvalue weighted by Gasteiger charge is 2.41. The van der Waals surface area contributed by atoms with Crippen molar-refractivity contribution < 1.29 is 5.11 Å². The number of rotatable bonds is 5. The summed E-state index contributed by atoms with van der Waals surface area (Å²) in [6, 6.07) is 8.71. The minimum Gasteiger partial charge on any atom is -0.508 e. The van der Waals surface area contributed by atoms with E-state index >= 15 is 0 Å². The monoisotopic (exact) mass is 345 g/mol. The highest BCUT2D eigenvalue weighted by Crippen LogP contribution is 2.43. The van der Waals surface area contributed by atoms with E-state index in [4.69, 9.17) is 0 Å². The Hall–Kier alpha value is -1.10. The van der Waals surface area contributed by atoms with E-state index in [0.717, 1.165) is 12.6 Å². The Morgan fingerprint density at radius 2 is 1.84 bits per heavy atom. The summed E-state index contributed by atoms with van der Waals surface area (Å²) in [5.74, 6) is 0.392. The highest BCUT2D eigenvalue weighted by molar-refractivity contribution is 5.33. The van der Waals surface area contributed by atoms with E-state index in [1.54, 1.807) is 6.07 Å². The Labute approximate surface area is 153 Å². The molecule has 25 heavy (non-hydrogen) atoms. The van der Waals surface area contributed by atoms with Gasteiger partial charge in [-0.15, -0.1) is 0 Å². The van der Waals surface area contributed by atoms with Crippen LogP contribution < -0.4 is 0 Å². The number of nitrogens with zero attached hydrogens (tertiary/aromatic N) is 3. The zero-order valence-corrected chi connectivity index (χ0v) is 16.2. The minimum atomic E-state index is 0.0812. The maximum absolute atomic E-state index is 10.0. The molecule has 4 heteroatoms. The van der Waals surface area contributed by atoms with Crippen LogP contribution in [0.4, 0.5) is 0 Å². The molecule has 0 amide bonds. The molecule has 0 aromatic heterocycles. The van der Waals surface area contributed by atoms with Crippen LogP contribution in [0.25, 0.3) is 0 Å². The number of benzene rings is 1. The second-order valence-corrected chi connectivity index (χ2v) is 8.07. The summed E-state index contributed by atoms with van der Waals surface area (Å²) in [6.45, 7) is 8.18. The van der Waals surface area contributed by atoms with Crippen LogP contribution in [0, 0.1) is 0 Å². The van der Waals surface area contributed by atoms with Crippen LogP contribution in [0.5, 0.6) is 5.75 Å². The van der Waals surface area contributed by atoms with E-state index in [0.29, 0.717) is 5.75 Å². The molecule has 140 valence electrons. The lowest BCUT2D eigenvalue weighted by molar-refractivity contribution is 0.0198. The van der Waals surface area contributed by atoms with Gasteiger partial charge in [-0.1, -0.05) is 19.1 Å². The number of phenolic OH excluding ortho intramolecular Hbond substituents is 1. The van der Waals surface area contributed by atoms with Crippen molar-refractivity contribution in [1.82, 2.24) is 14.7 Å². The fraction of sp³-hybridized carbons (Fsp3) is 0.714. The van der Waals surface area contributed by atoms with E-state index in [1.165, 1.54) is 63.8 Å². The van der Waals surface area contributed by atoms with Crippen LogP contribution in [0.15, 0.2) is 24.3 Å². The van der Waals surface area contributed by atoms with Gasteiger partial charge in [0.15, 0.2) is 0 Å². The molecular formula is C21H35N3O. The van der Waals surface area contributed by atoms with E-state index in [-0.39, 0.29) is 5.54 Å². The maximum atomic E-state index is 10.0. The van der Waals surface area contributed by atoms with Crippen LogP contribution in [0.2, 0.25) is 0 Å². The third-order valence-corrected chi connectivity index (χ3v) is 6.51. The smallest absolute Gasteiger partial charge is 0.115 e. The Balaban J connectivity index is 1.74. The largest absolute Gasteiger partial charge is 0.508 e. The Bertz CT molecular complexity index is 546. The van der Waals surface area contributed by atoms with Gasteiger partial charge < -0.3 is 10.0 Å². The predicted molar refractivity (Wildman–Crippen MR) is 104 cm³/mol. The summed E-state index contributed by atoms with van der Waals surface area (Å²) in [7, 11) is 4.49. The highest BCUT2D eigenvalue weighted by atomic mass is 16.3. The quantitative estimate of drug-likeness (QED) is 0.888. The van der Waals surface area contributed by atoms with E-state index in [1.807, 2.05) is 12.1 Å². The average molecular weight is 346 g/mol. The van der Waals surface area contributed by atoms with Crippen molar-refractivity contribution in [2.24, 2.45) is 0 Å². The van der Waals surface area contributed by atoms with Crippen LogP contribution in [-0.4, -0.2) is 72.7 Å². The fourth-order valence-electron chi connectivity index (χ4n) is 4.87. The molecule has 1 N–H and O–H groups in total. The molecule has 1 aliphatic heterocycles. The van der Waals surface area contributed by atoms with E-state index in [9.17, 15) is 5.11 Å². The topological polar surface area (TPSA) is 30.0 Å². The molecule has 1 saturated carbocycles. The zero-order valence-electron chi connectivity index (χ0n) is 16.2. The molecule has 3 rings (SSSR count). The van der Waals surface area contributed by atoms with E-state index < -0.39 is 0 Å². The molecule has 1 saturated heterocycles. The first-order chi connectivity index (χ1) is 12.0. The molecule has 0 spiro atoms. The molecule has 1 aromatic rings. The second-order valence-electron chi connectivity index (χ2n) is 8.07. The van der Waals surface area contributed by atoms with Gasteiger partial charge in [-0.05, 0) is 70.4 Å². The molecule has 2 fully saturated rings. The lowest BCUT2D eigenvalue weighted by Crippen LogP contribution is -2.53. The first-order valence-corrected chi connectivity index (χ1v) is 9.98. The lowest BCUT2D eigenvalue weighted by atomic mass is 9.73. The van der Waals surface area contributed by atoms with Crippen molar-refractivity contribution in [3.05, 3.63) is 29.8 Å². The van der Waals surface area contributed by atoms with Crippen LogP contribution in [0.3, 0.4) is 0 Å². The van der Waals surface area contributed by atoms with Gasteiger partial charge in [0.25, 0.3) is 0 Å². The standard InChI is InChI=1S/C21H35N3O/c1-4-12-23(3)21(18-6-5-7-20(25)17-18)10-8-19(9-11-21)24-15-13-22(2)14-16-24/h5-7,17,19,25H,4,8-16H2,1-3H3. The molecule has 1 aromatic carbocycles. The third-order valence-electron chi connectivity index (χ3n) is 6.51. The lowest BCUT2D eigenvalue weighted by Gasteiger charge is -2.50. The van der Waals surface area contributed by atoms with Gasteiger partial charge >= 0.3 is 0 Å².